The number of hydrogen-bond donors (Lipinski definition) is 1. The van der Waals surface area contributed by atoms with Crippen molar-refractivity contribution in [1.82, 2.24) is 9.71 Å². The largest absolute Gasteiger partial charge is 0.428 e. The minimum absolute atomic E-state index is 0.482. The van der Waals surface area contributed by atoms with Gasteiger partial charge in [-0.15, -0.1) is 0 Å². The summed E-state index contributed by atoms with van der Waals surface area (Å²) in [5.74, 6) is 0. The molecule has 4 heteroatoms. The Morgan fingerprint density at radius 2 is 2.50 bits per heavy atom. The third kappa shape index (κ3) is 1.04. The van der Waals surface area contributed by atoms with E-state index >= 15 is 0 Å². The van der Waals surface area contributed by atoms with Crippen LogP contribution in [0, 0.1) is 4.64 Å². The van der Waals surface area contributed by atoms with Crippen molar-refractivity contribution in [3.8, 4) is 0 Å². The molecule has 0 saturated heterocycles. The van der Waals surface area contributed by atoms with Crippen molar-refractivity contribution < 1.29 is 5.21 Å². The number of rotatable bonds is 0. The summed E-state index contributed by atoms with van der Waals surface area (Å²) >= 11 is 4.64. The fourth-order valence-corrected chi connectivity index (χ4v) is 0.446. The van der Waals surface area contributed by atoms with Crippen LogP contribution in [0.15, 0.2) is 18.6 Å². The van der Waals surface area contributed by atoms with Crippen molar-refractivity contribution >= 4 is 12.2 Å². The van der Waals surface area contributed by atoms with E-state index in [2.05, 4.69) is 17.2 Å². The molecule has 0 fully saturated rings. The van der Waals surface area contributed by atoms with Crippen molar-refractivity contribution in [1.29, 1.82) is 0 Å². The Morgan fingerprint density at radius 1 is 1.75 bits per heavy atom. The van der Waals surface area contributed by atoms with E-state index in [1.54, 1.807) is 0 Å². The maximum atomic E-state index is 8.56. The van der Waals surface area contributed by atoms with Gasteiger partial charge in [0.05, 0.1) is 0 Å². The molecule has 1 aromatic rings. The zero-order valence-electron chi connectivity index (χ0n) is 3.98. The topological polar surface area (TPSA) is 38.0 Å². The second-order valence-corrected chi connectivity index (χ2v) is 1.70. The van der Waals surface area contributed by atoms with Crippen molar-refractivity contribution in [2.45, 2.75) is 0 Å². The minimum Gasteiger partial charge on any atom is -0.428 e. The molecule has 8 heavy (non-hydrogen) atoms. The highest BCUT2D eigenvalue weighted by Crippen LogP contribution is 1.80. The molecule has 0 unspecified atom stereocenters. The smallest absolute Gasteiger partial charge is 0.133 e. The molecular weight excluding hydrogens is 124 g/mol. The first-order chi connectivity index (χ1) is 3.79. The van der Waals surface area contributed by atoms with Gasteiger partial charge < -0.3 is 5.21 Å². The summed E-state index contributed by atoms with van der Waals surface area (Å²) in [6.07, 6.45) is 2.66. The van der Waals surface area contributed by atoms with E-state index in [9.17, 15) is 0 Å². The molecule has 42 valence electrons. The summed E-state index contributed by atoms with van der Waals surface area (Å²) in [6.45, 7) is 0. The molecule has 1 aromatic heterocycles. The van der Waals surface area contributed by atoms with Crippen molar-refractivity contribution in [2.75, 3.05) is 0 Å². The molecule has 0 amide bonds. The van der Waals surface area contributed by atoms with E-state index in [0.29, 0.717) is 4.64 Å². The molecule has 0 aliphatic heterocycles. The molecule has 0 aliphatic carbocycles. The third-order valence-electron chi connectivity index (χ3n) is 0.673. The van der Waals surface area contributed by atoms with Crippen LogP contribution in [0.3, 0.4) is 0 Å². The molecular formula is C4H4N2OS. The van der Waals surface area contributed by atoms with Crippen LogP contribution in [0.5, 0.6) is 0 Å². The molecule has 0 aliphatic rings. The lowest BCUT2D eigenvalue weighted by molar-refractivity contribution is 0.180. The number of aromatic nitrogens is 2. The zero-order valence-corrected chi connectivity index (χ0v) is 4.80. The van der Waals surface area contributed by atoms with Crippen LogP contribution >= 0.6 is 12.2 Å². The van der Waals surface area contributed by atoms with Crippen LogP contribution in [-0.2, 0) is 0 Å². The van der Waals surface area contributed by atoms with Gasteiger partial charge in [0.15, 0.2) is 0 Å². The summed E-state index contributed by atoms with van der Waals surface area (Å²) in [6, 6.07) is 1.54. The fraction of sp³-hybridized carbons (Fsp3) is 0. The monoisotopic (exact) mass is 128 g/mol. The third-order valence-corrected chi connectivity index (χ3v) is 0.915. The van der Waals surface area contributed by atoms with Crippen LogP contribution < -0.4 is 0 Å². The Morgan fingerprint density at radius 3 is 2.88 bits per heavy atom. The van der Waals surface area contributed by atoms with Crippen LogP contribution in [-0.4, -0.2) is 14.9 Å². The molecule has 1 heterocycles. The highest BCUT2D eigenvalue weighted by Gasteiger charge is 1.76. The first-order valence-corrected chi connectivity index (χ1v) is 2.43. The molecule has 0 aromatic carbocycles. The predicted octanol–water partition coefficient (Wildman–Crippen LogP) is 0.850. The van der Waals surface area contributed by atoms with Gasteiger partial charge in [-0.1, -0.05) is 12.2 Å². The highest BCUT2D eigenvalue weighted by molar-refractivity contribution is 7.71. The quantitative estimate of drug-likeness (QED) is 0.416. The molecule has 0 spiro atoms. The van der Waals surface area contributed by atoms with E-state index in [1.165, 1.54) is 18.6 Å². The van der Waals surface area contributed by atoms with Gasteiger partial charge in [-0.25, -0.2) is 4.98 Å². The Labute approximate surface area is 51.2 Å². The van der Waals surface area contributed by atoms with E-state index in [0.717, 1.165) is 4.73 Å². The van der Waals surface area contributed by atoms with Gasteiger partial charge in [0.2, 0.25) is 0 Å². The molecule has 1 N–H and O–H groups in total. The van der Waals surface area contributed by atoms with E-state index < -0.39 is 0 Å². The minimum atomic E-state index is 0.482. The first kappa shape index (κ1) is 5.24. The van der Waals surface area contributed by atoms with Crippen molar-refractivity contribution in [3.63, 3.8) is 0 Å². The van der Waals surface area contributed by atoms with Crippen LogP contribution in [0.1, 0.15) is 0 Å². The van der Waals surface area contributed by atoms with Gasteiger partial charge in [-0.3, -0.25) is 0 Å². The van der Waals surface area contributed by atoms with Gasteiger partial charge >= 0.3 is 0 Å². The van der Waals surface area contributed by atoms with Gasteiger partial charge in [-0.05, 0) is 6.07 Å². The maximum absolute atomic E-state index is 8.56. The van der Waals surface area contributed by atoms with Crippen molar-refractivity contribution in [3.05, 3.63) is 23.2 Å². The van der Waals surface area contributed by atoms with Crippen molar-refractivity contribution in [2.24, 2.45) is 0 Å². The molecule has 0 radical (unpaired) electrons. The Bertz CT molecular complexity index is 211. The molecule has 1 rings (SSSR count). The van der Waals surface area contributed by atoms with E-state index in [1.807, 2.05) is 0 Å². The second-order valence-electron chi connectivity index (χ2n) is 1.28. The average molecular weight is 128 g/mol. The maximum Gasteiger partial charge on any atom is 0.133 e. The van der Waals surface area contributed by atoms with Crippen LogP contribution in [0.25, 0.3) is 0 Å². The Balaban J connectivity index is 3.22. The van der Waals surface area contributed by atoms with Gasteiger partial charge in [-0.2, -0.15) is 4.73 Å². The molecule has 0 bridgehead atoms. The summed E-state index contributed by atoms with van der Waals surface area (Å²) in [4.78, 5) is 3.61. The average Bonchev–Trinajstić information content (AvgIpc) is 1.77. The lowest BCUT2D eigenvalue weighted by Crippen LogP contribution is -1.89. The summed E-state index contributed by atoms with van der Waals surface area (Å²) in [5.41, 5.74) is 0. The predicted molar refractivity (Wildman–Crippen MR) is 30.2 cm³/mol. The summed E-state index contributed by atoms with van der Waals surface area (Å²) in [7, 11) is 0. The lowest BCUT2D eigenvalue weighted by Gasteiger charge is -1.89. The van der Waals surface area contributed by atoms with Crippen LogP contribution in [0.4, 0.5) is 0 Å². The lowest BCUT2D eigenvalue weighted by atomic mass is 10.7. The first-order valence-electron chi connectivity index (χ1n) is 2.02. The zero-order chi connectivity index (χ0) is 5.98. The fourth-order valence-electron chi connectivity index (χ4n) is 0.338. The summed E-state index contributed by atoms with van der Waals surface area (Å²) in [5, 5.41) is 8.56. The Hall–Kier alpha value is -0.900. The van der Waals surface area contributed by atoms with Gasteiger partial charge in [0.25, 0.3) is 0 Å². The molecule has 3 nitrogen and oxygen atoms in total. The second kappa shape index (κ2) is 1.92. The standard InChI is InChI=1S/C4H4N2OS/c7-6-2-1-4(8)5-3-6/h1-3,7H. The SMILES string of the molecule is On1ccc(=S)nc1. The number of hydrogen-bond acceptors (Lipinski definition) is 3. The van der Waals surface area contributed by atoms with E-state index in [-0.39, 0.29) is 0 Å². The van der Waals surface area contributed by atoms with Gasteiger partial charge in [0, 0.05) is 6.20 Å². The van der Waals surface area contributed by atoms with Crippen LogP contribution in [0.2, 0.25) is 0 Å². The molecule has 0 atom stereocenters. The summed E-state index contributed by atoms with van der Waals surface area (Å²) < 4.78 is 1.32. The molecule has 0 saturated carbocycles. The van der Waals surface area contributed by atoms with E-state index in [4.69, 9.17) is 5.21 Å². The Kier molecular flexibility index (Phi) is 1.26. The van der Waals surface area contributed by atoms with Gasteiger partial charge in [0.1, 0.15) is 11.0 Å². The number of nitrogens with zero attached hydrogens (tertiary/aromatic N) is 2. The normalized spacial score (nSPS) is 9.00. The highest BCUT2D eigenvalue weighted by atomic mass is 32.1.